The van der Waals surface area contributed by atoms with E-state index in [0.717, 1.165) is 23.8 Å². The van der Waals surface area contributed by atoms with Gasteiger partial charge in [0.2, 0.25) is 0 Å². The fourth-order valence-electron chi connectivity index (χ4n) is 4.36. The average Bonchev–Trinajstić information content (AvgIpc) is 2.88. The van der Waals surface area contributed by atoms with Crippen LogP contribution in [0.1, 0.15) is 51.4 Å². The van der Waals surface area contributed by atoms with Gasteiger partial charge in [0.25, 0.3) is 0 Å². The van der Waals surface area contributed by atoms with Gasteiger partial charge in [-0.2, -0.15) is 0 Å². The SMILES string of the molecule is NC1CCCC(NCC2CC3CCC2C3)C1. The van der Waals surface area contributed by atoms with Crippen LogP contribution in [-0.4, -0.2) is 18.6 Å². The van der Waals surface area contributed by atoms with Crippen molar-refractivity contribution >= 4 is 0 Å². The molecule has 0 heterocycles. The number of rotatable bonds is 3. The molecule has 0 saturated heterocycles. The summed E-state index contributed by atoms with van der Waals surface area (Å²) in [6, 6.07) is 1.19. The molecule has 5 unspecified atom stereocenters. The van der Waals surface area contributed by atoms with Gasteiger partial charge in [0, 0.05) is 12.1 Å². The van der Waals surface area contributed by atoms with Crippen molar-refractivity contribution in [3.63, 3.8) is 0 Å². The molecule has 3 saturated carbocycles. The van der Waals surface area contributed by atoms with Gasteiger partial charge >= 0.3 is 0 Å². The zero-order chi connectivity index (χ0) is 11.0. The molecular formula is C14H26N2. The minimum Gasteiger partial charge on any atom is -0.328 e. The molecule has 3 aliphatic rings. The van der Waals surface area contributed by atoms with Gasteiger partial charge in [-0.15, -0.1) is 0 Å². The molecule has 92 valence electrons. The third-order valence-corrected chi connectivity index (χ3v) is 5.27. The standard InChI is InChI=1S/C14H26N2/c15-13-2-1-3-14(8-13)16-9-12-7-10-4-5-11(12)6-10/h10-14,16H,1-9,15H2. The van der Waals surface area contributed by atoms with Crippen molar-refractivity contribution in [1.82, 2.24) is 5.32 Å². The summed E-state index contributed by atoms with van der Waals surface area (Å²) in [6.45, 7) is 1.28. The maximum absolute atomic E-state index is 6.03. The summed E-state index contributed by atoms with van der Waals surface area (Å²) >= 11 is 0. The molecule has 0 aromatic rings. The fourth-order valence-corrected chi connectivity index (χ4v) is 4.36. The third-order valence-electron chi connectivity index (χ3n) is 5.27. The van der Waals surface area contributed by atoms with Gasteiger partial charge in [0.1, 0.15) is 0 Å². The lowest BCUT2D eigenvalue weighted by Crippen LogP contribution is -2.41. The van der Waals surface area contributed by atoms with Crippen LogP contribution >= 0.6 is 0 Å². The maximum atomic E-state index is 6.03. The average molecular weight is 222 g/mol. The Labute approximate surface area is 99.4 Å². The highest BCUT2D eigenvalue weighted by molar-refractivity contribution is 4.91. The van der Waals surface area contributed by atoms with E-state index in [9.17, 15) is 0 Å². The van der Waals surface area contributed by atoms with Crippen LogP contribution in [0, 0.1) is 17.8 Å². The van der Waals surface area contributed by atoms with E-state index in [1.807, 2.05) is 0 Å². The Morgan fingerprint density at radius 3 is 2.62 bits per heavy atom. The van der Waals surface area contributed by atoms with Gasteiger partial charge in [-0.25, -0.2) is 0 Å². The van der Waals surface area contributed by atoms with Crippen molar-refractivity contribution in [2.24, 2.45) is 23.5 Å². The van der Waals surface area contributed by atoms with Crippen LogP contribution in [0.15, 0.2) is 0 Å². The van der Waals surface area contributed by atoms with Gasteiger partial charge < -0.3 is 11.1 Å². The summed E-state index contributed by atoms with van der Waals surface area (Å²) < 4.78 is 0. The summed E-state index contributed by atoms with van der Waals surface area (Å²) in [4.78, 5) is 0. The number of fused-ring (bicyclic) bond motifs is 2. The lowest BCUT2D eigenvalue weighted by Gasteiger charge is -2.30. The number of nitrogens with one attached hydrogen (secondary N) is 1. The third kappa shape index (κ3) is 2.28. The molecule has 5 atom stereocenters. The minimum atomic E-state index is 0.464. The molecule has 2 heteroatoms. The number of hydrogen-bond donors (Lipinski definition) is 2. The molecule has 16 heavy (non-hydrogen) atoms. The Morgan fingerprint density at radius 2 is 1.94 bits per heavy atom. The first-order valence-corrected chi connectivity index (χ1v) is 7.30. The van der Waals surface area contributed by atoms with E-state index in [2.05, 4.69) is 5.32 Å². The van der Waals surface area contributed by atoms with Gasteiger partial charge in [-0.05, 0) is 62.8 Å². The molecule has 3 aliphatic carbocycles. The Kier molecular flexibility index (Phi) is 3.21. The van der Waals surface area contributed by atoms with Gasteiger partial charge in [-0.3, -0.25) is 0 Å². The van der Waals surface area contributed by atoms with Crippen LogP contribution in [0.3, 0.4) is 0 Å². The predicted octanol–water partition coefficient (Wildman–Crippen LogP) is 2.28. The molecule has 0 radical (unpaired) electrons. The second-order valence-electron chi connectivity index (χ2n) is 6.47. The maximum Gasteiger partial charge on any atom is 0.00819 e. The number of hydrogen-bond acceptors (Lipinski definition) is 2. The molecule has 0 aliphatic heterocycles. The van der Waals surface area contributed by atoms with E-state index in [0.29, 0.717) is 6.04 Å². The molecule has 2 bridgehead atoms. The molecular weight excluding hydrogens is 196 g/mol. The normalized spacial score (nSPS) is 47.4. The van der Waals surface area contributed by atoms with Crippen molar-refractivity contribution in [3.05, 3.63) is 0 Å². The highest BCUT2D eigenvalue weighted by Gasteiger charge is 2.39. The van der Waals surface area contributed by atoms with Crippen LogP contribution in [0.2, 0.25) is 0 Å². The molecule has 3 fully saturated rings. The van der Waals surface area contributed by atoms with Crippen molar-refractivity contribution in [3.8, 4) is 0 Å². The van der Waals surface area contributed by atoms with Gasteiger partial charge in [0.05, 0.1) is 0 Å². The Balaban J connectivity index is 1.42. The van der Waals surface area contributed by atoms with Crippen LogP contribution in [0.5, 0.6) is 0 Å². The van der Waals surface area contributed by atoms with E-state index < -0.39 is 0 Å². The largest absolute Gasteiger partial charge is 0.328 e. The zero-order valence-electron chi connectivity index (χ0n) is 10.3. The van der Waals surface area contributed by atoms with E-state index in [-0.39, 0.29) is 0 Å². The zero-order valence-corrected chi connectivity index (χ0v) is 10.3. The summed E-state index contributed by atoms with van der Waals surface area (Å²) in [7, 11) is 0. The lowest BCUT2D eigenvalue weighted by molar-refractivity contribution is 0.275. The summed E-state index contributed by atoms with van der Waals surface area (Å²) in [5.74, 6) is 3.15. The van der Waals surface area contributed by atoms with E-state index in [1.165, 1.54) is 57.9 Å². The van der Waals surface area contributed by atoms with Crippen LogP contribution in [0.25, 0.3) is 0 Å². The van der Waals surface area contributed by atoms with E-state index in [4.69, 9.17) is 5.73 Å². The van der Waals surface area contributed by atoms with Gasteiger partial charge in [-0.1, -0.05) is 12.8 Å². The first kappa shape index (κ1) is 11.0. The van der Waals surface area contributed by atoms with Crippen molar-refractivity contribution in [2.45, 2.75) is 63.5 Å². The van der Waals surface area contributed by atoms with Crippen LogP contribution < -0.4 is 11.1 Å². The Morgan fingerprint density at radius 1 is 1.00 bits per heavy atom. The Bertz CT molecular complexity index is 241. The molecule has 2 nitrogen and oxygen atoms in total. The Hall–Kier alpha value is -0.0800. The van der Waals surface area contributed by atoms with Crippen LogP contribution in [-0.2, 0) is 0 Å². The first-order valence-electron chi connectivity index (χ1n) is 7.30. The molecule has 0 spiro atoms. The topological polar surface area (TPSA) is 38.0 Å². The lowest BCUT2D eigenvalue weighted by atomic mass is 9.87. The molecule has 0 amide bonds. The monoisotopic (exact) mass is 222 g/mol. The molecule has 0 aromatic carbocycles. The van der Waals surface area contributed by atoms with Crippen molar-refractivity contribution in [1.29, 1.82) is 0 Å². The highest BCUT2D eigenvalue weighted by atomic mass is 14.9. The van der Waals surface area contributed by atoms with E-state index in [1.54, 1.807) is 0 Å². The smallest absolute Gasteiger partial charge is 0.00819 e. The quantitative estimate of drug-likeness (QED) is 0.769. The molecule has 3 N–H and O–H groups in total. The van der Waals surface area contributed by atoms with Gasteiger partial charge in [0.15, 0.2) is 0 Å². The molecule has 3 rings (SSSR count). The summed E-state index contributed by atoms with van der Waals surface area (Å²) in [5.41, 5.74) is 6.03. The second-order valence-corrected chi connectivity index (χ2v) is 6.47. The highest BCUT2D eigenvalue weighted by Crippen LogP contribution is 2.48. The predicted molar refractivity (Wildman–Crippen MR) is 67.2 cm³/mol. The first-order chi connectivity index (χ1) is 7.81. The minimum absolute atomic E-state index is 0.464. The van der Waals surface area contributed by atoms with Crippen molar-refractivity contribution in [2.75, 3.05) is 6.54 Å². The van der Waals surface area contributed by atoms with Crippen LogP contribution in [0.4, 0.5) is 0 Å². The summed E-state index contributed by atoms with van der Waals surface area (Å²) in [6.07, 6.45) is 11.2. The molecule has 0 aromatic heterocycles. The van der Waals surface area contributed by atoms with E-state index >= 15 is 0 Å². The number of nitrogens with two attached hydrogens (primary N) is 1. The second kappa shape index (κ2) is 4.66. The fraction of sp³-hybridized carbons (Fsp3) is 1.00. The van der Waals surface area contributed by atoms with Crippen molar-refractivity contribution < 1.29 is 0 Å². The summed E-state index contributed by atoms with van der Waals surface area (Å²) in [5, 5.41) is 3.80.